The van der Waals surface area contributed by atoms with E-state index in [0.717, 1.165) is 4.52 Å². The Morgan fingerprint density at radius 2 is 1.97 bits per heavy atom. The molecule has 0 aliphatic rings. The van der Waals surface area contributed by atoms with Crippen molar-refractivity contribution in [3.8, 4) is 0 Å². The number of rotatable bonds is 6. The van der Waals surface area contributed by atoms with Crippen molar-refractivity contribution in [3.63, 3.8) is 0 Å². The Morgan fingerprint density at radius 3 is 2.59 bits per heavy atom. The Balaban J connectivity index is 1.77. The number of nitrogens with zero attached hydrogens (tertiary/aromatic N) is 6. The molecule has 170 valence electrons. The minimum Gasteiger partial charge on any atom is -0.339 e. The first kappa shape index (κ1) is 23.1. The van der Waals surface area contributed by atoms with Gasteiger partial charge in [-0.2, -0.15) is 18.2 Å². The Bertz CT molecular complexity index is 1190. The van der Waals surface area contributed by atoms with E-state index in [4.69, 9.17) is 0 Å². The zero-order valence-corrected chi connectivity index (χ0v) is 17.8. The van der Waals surface area contributed by atoms with E-state index in [1.807, 2.05) is 0 Å². The molecule has 2 heterocycles. The predicted molar refractivity (Wildman–Crippen MR) is 108 cm³/mol. The van der Waals surface area contributed by atoms with Crippen LogP contribution < -0.4 is 0 Å². The van der Waals surface area contributed by atoms with Gasteiger partial charge in [0, 0.05) is 37.0 Å². The van der Waals surface area contributed by atoms with Crippen LogP contribution in [-0.4, -0.2) is 42.4 Å². The number of fused-ring (bicyclic) bond motifs is 1. The average molecular weight is 450 g/mol. The number of non-ortho nitro benzene ring substituents is 1. The monoisotopic (exact) mass is 450 g/mol. The molecule has 0 bridgehead atoms. The smallest absolute Gasteiger partial charge is 0.339 e. The first-order valence-electron chi connectivity index (χ1n) is 9.70. The number of nitro groups is 1. The molecule has 1 amide bonds. The molecule has 0 aliphatic heterocycles. The second-order valence-corrected chi connectivity index (χ2v) is 7.44. The summed E-state index contributed by atoms with van der Waals surface area (Å²) >= 11 is 0. The van der Waals surface area contributed by atoms with Crippen molar-refractivity contribution in [3.05, 3.63) is 62.7 Å². The fourth-order valence-corrected chi connectivity index (χ4v) is 3.44. The van der Waals surface area contributed by atoms with E-state index in [-0.39, 0.29) is 30.2 Å². The first-order chi connectivity index (χ1) is 14.9. The molecule has 0 aliphatic carbocycles. The van der Waals surface area contributed by atoms with Crippen LogP contribution in [0.15, 0.2) is 24.3 Å². The fraction of sp³-hybridized carbons (Fsp3) is 0.400. The summed E-state index contributed by atoms with van der Waals surface area (Å²) < 4.78 is 39.8. The van der Waals surface area contributed by atoms with Gasteiger partial charge >= 0.3 is 6.18 Å². The van der Waals surface area contributed by atoms with E-state index in [2.05, 4.69) is 15.1 Å². The van der Waals surface area contributed by atoms with Crippen LogP contribution in [0.25, 0.3) is 5.78 Å². The van der Waals surface area contributed by atoms with Gasteiger partial charge in [0.05, 0.1) is 11.0 Å². The molecule has 1 unspecified atom stereocenters. The van der Waals surface area contributed by atoms with Crippen molar-refractivity contribution in [2.75, 3.05) is 7.05 Å². The molecule has 0 radical (unpaired) electrons. The van der Waals surface area contributed by atoms with Gasteiger partial charge in [0.1, 0.15) is 0 Å². The predicted octanol–water partition coefficient (Wildman–Crippen LogP) is 3.82. The molecule has 0 N–H and O–H groups in total. The van der Waals surface area contributed by atoms with Crippen molar-refractivity contribution >= 4 is 17.4 Å². The standard InChI is InChI=1S/C20H21F3N6O3/c1-11-16(13(3)28-19(24-11)25-18(26-28)20(21,22)23)8-9-17(30)27(4)12(2)14-6-5-7-15(10-14)29(31)32/h5-7,10,12H,8-9H2,1-4H3. The van der Waals surface area contributed by atoms with Gasteiger partial charge in [-0.15, -0.1) is 5.10 Å². The lowest BCUT2D eigenvalue weighted by Crippen LogP contribution is -2.30. The third-order valence-corrected chi connectivity index (χ3v) is 5.43. The number of alkyl halides is 3. The number of benzene rings is 1. The molecule has 1 atom stereocenters. The van der Waals surface area contributed by atoms with E-state index < -0.39 is 23.0 Å². The highest BCUT2D eigenvalue weighted by atomic mass is 19.4. The zero-order valence-electron chi connectivity index (χ0n) is 17.8. The summed E-state index contributed by atoms with van der Waals surface area (Å²) in [6.07, 6.45) is -4.37. The lowest BCUT2D eigenvalue weighted by molar-refractivity contribution is -0.384. The molecule has 0 saturated carbocycles. The number of aryl methyl sites for hydroxylation is 2. The van der Waals surface area contributed by atoms with E-state index in [1.54, 1.807) is 40.0 Å². The Kier molecular flexibility index (Phi) is 6.15. The van der Waals surface area contributed by atoms with Crippen molar-refractivity contribution < 1.29 is 22.9 Å². The maximum atomic E-state index is 12.9. The van der Waals surface area contributed by atoms with Gasteiger partial charge in [-0.05, 0) is 38.3 Å². The Morgan fingerprint density at radius 1 is 1.28 bits per heavy atom. The highest BCUT2D eigenvalue weighted by molar-refractivity contribution is 5.76. The quantitative estimate of drug-likeness (QED) is 0.418. The molecule has 9 nitrogen and oxygen atoms in total. The highest BCUT2D eigenvalue weighted by Gasteiger charge is 2.37. The number of carbonyl (C=O) groups excluding carboxylic acids is 1. The number of carbonyl (C=O) groups is 1. The number of nitro benzene ring substituents is 1. The maximum Gasteiger partial charge on any atom is 0.453 e. The van der Waals surface area contributed by atoms with Gasteiger partial charge in [0.2, 0.25) is 5.91 Å². The number of aromatic nitrogens is 4. The zero-order chi connectivity index (χ0) is 23.8. The van der Waals surface area contributed by atoms with E-state index >= 15 is 0 Å². The minimum atomic E-state index is -4.68. The average Bonchev–Trinajstić information content (AvgIpc) is 3.17. The molecule has 1 aromatic carbocycles. The van der Waals surface area contributed by atoms with Crippen molar-refractivity contribution in [2.45, 2.75) is 45.8 Å². The van der Waals surface area contributed by atoms with Crippen LogP contribution >= 0.6 is 0 Å². The van der Waals surface area contributed by atoms with Crippen LogP contribution in [0.1, 0.15) is 47.7 Å². The molecular formula is C20H21F3N6O3. The molecule has 32 heavy (non-hydrogen) atoms. The maximum absolute atomic E-state index is 12.9. The molecule has 2 aromatic heterocycles. The van der Waals surface area contributed by atoms with E-state index in [9.17, 15) is 28.1 Å². The second-order valence-electron chi connectivity index (χ2n) is 7.44. The summed E-state index contributed by atoms with van der Waals surface area (Å²) in [4.78, 5) is 32.3. The van der Waals surface area contributed by atoms with Crippen LogP contribution in [0.3, 0.4) is 0 Å². The molecule has 0 fully saturated rings. The minimum absolute atomic E-state index is 0.0631. The molecule has 12 heteroatoms. The normalized spacial score (nSPS) is 12.7. The summed E-state index contributed by atoms with van der Waals surface area (Å²) in [5.41, 5.74) is 2.07. The summed E-state index contributed by atoms with van der Waals surface area (Å²) in [6.45, 7) is 5.01. The molecule has 3 aromatic rings. The number of halogens is 3. The first-order valence-corrected chi connectivity index (χ1v) is 9.70. The molecule has 0 spiro atoms. The van der Waals surface area contributed by atoms with Gasteiger partial charge < -0.3 is 4.90 Å². The third kappa shape index (κ3) is 4.53. The molecule has 3 rings (SSSR count). The molecule has 0 saturated heterocycles. The number of amides is 1. The van der Waals surface area contributed by atoms with Gasteiger partial charge in [0.15, 0.2) is 0 Å². The van der Waals surface area contributed by atoms with Crippen LogP contribution in [0.4, 0.5) is 18.9 Å². The van der Waals surface area contributed by atoms with E-state index in [1.165, 1.54) is 17.0 Å². The Hall–Kier alpha value is -3.57. The highest BCUT2D eigenvalue weighted by Crippen LogP contribution is 2.28. The summed E-state index contributed by atoms with van der Waals surface area (Å²) in [7, 11) is 1.60. The van der Waals surface area contributed by atoms with Gasteiger partial charge in [-0.25, -0.2) is 9.50 Å². The second kappa shape index (κ2) is 8.52. The SMILES string of the molecule is Cc1nc2nc(C(F)(F)F)nn2c(C)c1CCC(=O)N(C)C(C)c1cccc([N+](=O)[O-])c1. The number of hydrogen-bond acceptors (Lipinski definition) is 6. The third-order valence-electron chi connectivity index (χ3n) is 5.43. The lowest BCUT2D eigenvalue weighted by Gasteiger charge is -2.25. The largest absolute Gasteiger partial charge is 0.453 e. The van der Waals surface area contributed by atoms with E-state index in [0.29, 0.717) is 22.5 Å². The topological polar surface area (TPSA) is 107 Å². The fourth-order valence-electron chi connectivity index (χ4n) is 3.44. The van der Waals surface area contributed by atoms with Crippen molar-refractivity contribution in [2.24, 2.45) is 0 Å². The van der Waals surface area contributed by atoms with Crippen LogP contribution in [0.5, 0.6) is 0 Å². The summed E-state index contributed by atoms with van der Waals surface area (Å²) in [5, 5.41) is 14.5. The van der Waals surface area contributed by atoms with Crippen molar-refractivity contribution in [1.82, 2.24) is 24.5 Å². The van der Waals surface area contributed by atoms with Crippen LogP contribution in [0.2, 0.25) is 0 Å². The van der Waals surface area contributed by atoms with Crippen molar-refractivity contribution in [1.29, 1.82) is 0 Å². The van der Waals surface area contributed by atoms with Crippen LogP contribution in [-0.2, 0) is 17.4 Å². The Labute approximate surface area is 181 Å². The van der Waals surface area contributed by atoms with Gasteiger partial charge in [-0.1, -0.05) is 12.1 Å². The number of hydrogen-bond donors (Lipinski definition) is 0. The molecular weight excluding hydrogens is 429 g/mol. The van der Waals surface area contributed by atoms with Crippen LogP contribution in [0, 0.1) is 24.0 Å². The van der Waals surface area contributed by atoms with Gasteiger partial charge in [-0.3, -0.25) is 14.9 Å². The lowest BCUT2D eigenvalue weighted by atomic mass is 10.0. The summed E-state index contributed by atoms with van der Waals surface area (Å²) in [5.74, 6) is -1.65. The summed E-state index contributed by atoms with van der Waals surface area (Å²) in [6, 6.07) is 5.65. The van der Waals surface area contributed by atoms with Gasteiger partial charge in [0.25, 0.3) is 17.3 Å².